The number of carbonyl (C=O) groups excluding carboxylic acids is 2. The summed E-state index contributed by atoms with van der Waals surface area (Å²) in [5.74, 6) is 1.51. The Morgan fingerprint density at radius 2 is 1.78 bits per heavy atom. The van der Waals surface area contributed by atoms with Crippen LogP contribution in [0.15, 0.2) is 4.99 Å². The van der Waals surface area contributed by atoms with E-state index in [9.17, 15) is 9.59 Å². The molecule has 0 radical (unpaired) electrons. The Morgan fingerprint density at radius 3 is 2.44 bits per heavy atom. The minimum Gasteiger partial charge on any atom is -0.356 e. The lowest BCUT2D eigenvalue weighted by molar-refractivity contribution is -0.134. The number of rotatable bonds is 7. The van der Waals surface area contributed by atoms with Crippen LogP contribution in [-0.4, -0.2) is 61.4 Å². The molecule has 1 heterocycles. The molecule has 3 aliphatic rings. The van der Waals surface area contributed by atoms with Crippen molar-refractivity contribution in [3.63, 3.8) is 0 Å². The molecule has 0 spiro atoms. The van der Waals surface area contributed by atoms with Crippen LogP contribution in [0.2, 0.25) is 0 Å². The van der Waals surface area contributed by atoms with E-state index in [0.717, 1.165) is 64.1 Å². The predicted molar refractivity (Wildman–Crippen MR) is 117 cm³/mol. The Labute approximate surface area is 179 Å². The first-order valence-electron chi connectivity index (χ1n) is 10.2. The number of aliphatic imine (C=N–C) groups is 1. The fourth-order valence-corrected chi connectivity index (χ4v) is 3.88. The minimum atomic E-state index is 0. The maximum absolute atomic E-state index is 12.5. The number of carbonyl (C=O) groups is 2. The molecule has 7 nitrogen and oxygen atoms in total. The molecule has 3 rings (SSSR count). The van der Waals surface area contributed by atoms with Gasteiger partial charge in [0.25, 0.3) is 0 Å². The molecule has 2 amide bonds. The molecule has 1 saturated heterocycles. The molecule has 2 saturated carbocycles. The highest BCUT2D eigenvalue weighted by Crippen LogP contribution is 2.27. The number of likely N-dealkylation sites (tertiary alicyclic amines) is 1. The molecule has 3 fully saturated rings. The summed E-state index contributed by atoms with van der Waals surface area (Å²) in [7, 11) is 1.76. The van der Waals surface area contributed by atoms with Gasteiger partial charge >= 0.3 is 0 Å². The second kappa shape index (κ2) is 11.1. The van der Waals surface area contributed by atoms with Gasteiger partial charge < -0.3 is 20.9 Å². The van der Waals surface area contributed by atoms with Crippen molar-refractivity contribution >= 4 is 41.8 Å². The van der Waals surface area contributed by atoms with Crippen LogP contribution in [0.5, 0.6) is 0 Å². The molecule has 8 heteroatoms. The topological polar surface area (TPSA) is 85.8 Å². The Bertz CT molecular complexity index is 532. The third-order valence-electron chi connectivity index (χ3n) is 5.58. The summed E-state index contributed by atoms with van der Waals surface area (Å²) in [5.41, 5.74) is 0. The molecule has 0 aromatic carbocycles. The first kappa shape index (κ1) is 22.2. The monoisotopic (exact) mass is 491 g/mol. The number of guanidine groups is 1. The summed E-state index contributed by atoms with van der Waals surface area (Å²) in [5, 5.41) is 9.69. The largest absolute Gasteiger partial charge is 0.356 e. The van der Waals surface area contributed by atoms with Crippen molar-refractivity contribution in [2.75, 3.05) is 26.7 Å². The van der Waals surface area contributed by atoms with Crippen LogP contribution in [-0.2, 0) is 9.59 Å². The zero-order chi connectivity index (χ0) is 18.4. The van der Waals surface area contributed by atoms with Crippen LogP contribution in [0.4, 0.5) is 0 Å². The van der Waals surface area contributed by atoms with Gasteiger partial charge in [-0.3, -0.25) is 14.6 Å². The van der Waals surface area contributed by atoms with Crippen molar-refractivity contribution in [3.05, 3.63) is 0 Å². The highest BCUT2D eigenvalue weighted by atomic mass is 127. The van der Waals surface area contributed by atoms with E-state index >= 15 is 0 Å². The minimum absolute atomic E-state index is 0. The third kappa shape index (κ3) is 7.12. The van der Waals surface area contributed by atoms with Gasteiger partial charge in [0.15, 0.2) is 5.96 Å². The Balaban J connectivity index is 0.00000261. The zero-order valence-corrected chi connectivity index (χ0v) is 18.7. The maximum atomic E-state index is 12.5. The van der Waals surface area contributed by atoms with E-state index < -0.39 is 0 Å². The van der Waals surface area contributed by atoms with E-state index in [-0.39, 0.29) is 41.8 Å². The molecule has 154 valence electrons. The zero-order valence-electron chi connectivity index (χ0n) is 16.3. The van der Waals surface area contributed by atoms with E-state index in [1.807, 2.05) is 4.90 Å². The van der Waals surface area contributed by atoms with Crippen molar-refractivity contribution in [2.24, 2.45) is 10.9 Å². The first-order valence-corrected chi connectivity index (χ1v) is 10.2. The van der Waals surface area contributed by atoms with Gasteiger partial charge in [-0.25, -0.2) is 0 Å². The SMILES string of the molecule is CN=C(NCCCC(=O)NC1CC1)NC1CCN(C(=O)C2CCCC2)C1.I. The molecule has 27 heavy (non-hydrogen) atoms. The van der Waals surface area contributed by atoms with Crippen molar-refractivity contribution in [1.29, 1.82) is 0 Å². The van der Waals surface area contributed by atoms with Crippen LogP contribution in [0.1, 0.15) is 57.8 Å². The number of nitrogens with one attached hydrogen (secondary N) is 3. The van der Waals surface area contributed by atoms with Crippen LogP contribution >= 0.6 is 24.0 Å². The lowest BCUT2D eigenvalue weighted by atomic mass is 10.1. The molecule has 1 aliphatic heterocycles. The van der Waals surface area contributed by atoms with Crippen molar-refractivity contribution in [3.8, 4) is 0 Å². The average molecular weight is 491 g/mol. The van der Waals surface area contributed by atoms with Crippen LogP contribution < -0.4 is 16.0 Å². The van der Waals surface area contributed by atoms with Gasteiger partial charge in [0.1, 0.15) is 0 Å². The average Bonchev–Trinajstić information content (AvgIpc) is 3.13. The van der Waals surface area contributed by atoms with E-state index in [1.54, 1.807) is 7.05 Å². The summed E-state index contributed by atoms with van der Waals surface area (Å²) >= 11 is 0. The number of amides is 2. The molecule has 1 atom stereocenters. The normalized spacial score (nSPS) is 23.1. The molecular formula is C19H34IN5O2. The maximum Gasteiger partial charge on any atom is 0.225 e. The van der Waals surface area contributed by atoms with Crippen LogP contribution in [0, 0.1) is 5.92 Å². The summed E-state index contributed by atoms with van der Waals surface area (Å²) in [6.07, 6.45) is 9.06. The summed E-state index contributed by atoms with van der Waals surface area (Å²) in [4.78, 5) is 30.5. The van der Waals surface area contributed by atoms with Gasteiger partial charge in [-0.2, -0.15) is 0 Å². The number of halogens is 1. The van der Waals surface area contributed by atoms with Crippen molar-refractivity contribution in [2.45, 2.75) is 69.9 Å². The molecule has 1 unspecified atom stereocenters. The molecule has 0 aromatic rings. The lowest BCUT2D eigenvalue weighted by Gasteiger charge is -2.21. The van der Waals surface area contributed by atoms with Gasteiger partial charge in [0, 0.05) is 51.1 Å². The highest BCUT2D eigenvalue weighted by molar-refractivity contribution is 14.0. The molecular weight excluding hydrogens is 457 g/mol. The Hall–Kier alpha value is -1.06. The Kier molecular flexibility index (Phi) is 9.11. The van der Waals surface area contributed by atoms with Gasteiger partial charge in [-0.05, 0) is 38.5 Å². The van der Waals surface area contributed by atoms with E-state index in [2.05, 4.69) is 20.9 Å². The van der Waals surface area contributed by atoms with Crippen LogP contribution in [0.25, 0.3) is 0 Å². The van der Waals surface area contributed by atoms with E-state index in [4.69, 9.17) is 0 Å². The van der Waals surface area contributed by atoms with Gasteiger partial charge in [-0.15, -0.1) is 24.0 Å². The van der Waals surface area contributed by atoms with Gasteiger partial charge in [0.2, 0.25) is 11.8 Å². The fourth-order valence-electron chi connectivity index (χ4n) is 3.88. The predicted octanol–water partition coefficient (Wildman–Crippen LogP) is 1.62. The molecule has 2 aliphatic carbocycles. The van der Waals surface area contributed by atoms with Gasteiger partial charge in [-0.1, -0.05) is 12.8 Å². The molecule has 0 aromatic heterocycles. The third-order valence-corrected chi connectivity index (χ3v) is 5.58. The van der Waals surface area contributed by atoms with Crippen LogP contribution in [0.3, 0.4) is 0 Å². The second-order valence-corrected chi connectivity index (χ2v) is 7.84. The standard InChI is InChI=1S/C19H33N5O2.HI/c1-20-19(21-11-4-7-17(25)22-15-8-9-15)23-16-10-12-24(13-16)18(26)14-5-2-3-6-14;/h14-16H,2-13H2,1H3,(H,22,25)(H2,20,21,23);1H. The van der Waals surface area contributed by atoms with Crippen molar-refractivity contribution < 1.29 is 9.59 Å². The summed E-state index contributed by atoms with van der Waals surface area (Å²) < 4.78 is 0. The first-order chi connectivity index (χ1) is 12.7. The Morgan fingerprint density at radius 1 is 1.04 bits per heavy atom. The molecule has 3 N–H and O–H groups in total. The number of nitrogens with zero attached hydrogens (tertiary/aromatic N) is 2. The fraction of sp³-hybridized carbons (Fsp3) is 0.842. The quantitative estimate of drug-likeness (QED) is 0.219. The molecule has 0 bridgehead atoms. The van der Waals surface area contributed by atoms with Gasteiger partial charge in [0.05, 0.1) is 0 Å². The summed E-state index contributed by atoms with van der Waals surface area (Å²) in [6.45, 7) is 2.32. The number of hydrogen-bond donors (Lipinski definition) is 3. The van der Waals surface area contributed by atoms with Crippen molar-refractivity contribution in [1.82, 2.24) is 20.9 Å². The highest BCUT2D eigenvalue weighted by Gasteiger charge is 2.32. The lowest BCUT2D eigenvalue weighted by Crippen LogP contribution is -2.45. The summed E-state index contributed by atoms with van der Waals surface area (Å²) in [6, 6.07) is 0.687. The van der Waals surface area contributed by atoms with E-state index in [1.165, 1.54) is 12.8 Å². The number of hydrogen-bond acceptors (Lipinski definition) is 3. The smallest absolute Gasteiger partial charge is 0.225 e. The second-order valence-electron chi connectivity index (χ2n) is 7.84. The van der Waals surface area contributed by atoms with E-state index in [0.29, 0.717) is 18.4 Å².